The number of hydrogen-bond acceptors (Lipinski definition) is 2. The van der Waals surface area contributed by atoms with Crippen LogP contribution in [0.15, 0.2) is 35.2 Å². The summed E-state index contributed by atoms with van der Waals surface area (Å²) in [5.41, 5.74) is 0. The third-order valence-electron chi connectivity index (χ3n) is 2.60. The van der Waals surface area contributed by atoms with E-state index >= 15 is 0 Å². The monoisotopic (exact) mass is 235 g/mol. The summed E-state index contributed by atoms with van der Waals surface area (Å²) in [6.07, 6.45) is 4.34. The number of ether oxygens (including phenoxy) is 1. The fraction of sp³-hybridized carbons (Fsp3) is 0.231. The zero-order valence-corrected chi connectivity index (χ0v) is 10.5. The summed E-state index contributed by atoms with van der Waals surface area (Å²) in [5.74, 6) is 1.00. The molecule has 0 saturated heterocycles. The van der Waals surface area contributed by atoms with Crippen LogP contribution in [0.3, 0.4) is 0 Å². The molecule has 0 heterocycles. The average Bonchev–Trinajstić information content (AvgIpc) is 2.27. The number of methoxy groups -OCH3 is 1. The molecule has 0 aliphatic rings. The van der Waals surface area contributed by atoms with Gasteiger partial charge in [0.2, 0.25) is 0 Å². The molecular formula is C13H15O2S+. The second-order valence-electron chi connectivity index (χ2n) is 3.78. The first kappa shape index (κ1) is 11.1. The maximum absolute atomic E-state index is 9.91. The number of phenolic OH excluding ortho intramolecular Hbond substituents is 1. The van der Waals surface area contributed by atoms with Gasteiger partial charge in [0, 0.05) is 16.3 Å². The Morgan fingerprint density at radius 3 is 2.50 bits per heavy atom. The van der Waals surface area contributed by atoms with Crippen molar-refractivity contribution >= 4 is 21.7 Å². The van der Waals surface area contributed by atoms with E-state index in [1.807, 2.05) is 18.2 Å². The van der Waals surface area contributed by atoms with Gasteiger partial charge in [-0.1, -0.05) is 6.07 Å². The Hall–Kier alpha value is -1.35. The maximum atomic E-state index is 9.91. The van der Waals surface area contributed by atoms with Crippen LogP contribution in [0, 0.1) is 0 Å². The maximum Gasteiger partial charge on any atom is 0.162 e. The molecule has 1 N–H and O–H groups in total. The van der Waals surface area contributed by atoms with Gasteiger partial charge >= 0.3 is 0 Å². The molecule has 0 aromatic heterocycles. The van der Waals surface area contributed by atoms with Crippen molar-refractivity contribution in [2.45, 2.75) is 4.90 Å². The summed E-state index contributed by atoms with van der Waals surface area (Å²) in [6.45, 7) is 0. The molecule has 0 bridgehead atoms. The highest BCUT2D eigenvalue weighted by molar-refractivity contribution is 7.95. The minimum absolute atomic E-state index is 0.161. The minimum atomic E-state index is 0.161. The van der Waals surface area contributed by atoms with E-state index in [-0.39, 0.29) is 16.6 Å². The number of hydrogen-bond donors (Lipinski definition) is 1. The molecule has 0 atom stereocenters. The SMILES string of the molecule is COc1ccc([S+](C)C)c2cccc(O)c12. The molecule has 0 unspecified atom stereocenters. The van der Waals surface area contributed by atoms with Crippen molar-refractivity contribution in [3.05, 3.63) is 30.3 Å². The van der Waals surface area contributed by atoms with Gasteiger partial charge in [-0.2, -0.15) is 0 Å². The summed E-state index contributed by atoms with van der Waals surface area (Å²) < 4.78 is 5.29. The molecule has 0 amide bonds. The lowest BCUT2D eigenvalue weighted by Crippen LogP contribution is -1.97. The van der Waals surface area contributed by atoms with E-state index in [0.29, 0.717) is 0 Å². The molecule has 0 spiro atoms. The highest BCUT2D eigenvalue weighted by atomic mass is 32.2. The van der Waals surface area contributed by atoms with Crippen LogP contribution in [-0.4, -0.2) is 24.7 Å². The highest BCUT2D eigenvalue weighted by Crippen LogP contribution is 2.36. The third kappa shape index (κ3) is 1.71. The van der Waals surface area contributed by atoms with E-state index in [1.165, 1.54) is 4.90 Å². The van der Waals surface area contributed by atoms with Crippen LogP contribution in [0.5, 0.6) is 11.5 Å². The van der Waals surface area contributed by atoms with Gasteiger partial charge in [-0.15, -0.1) is 0 Å². The number of fused-ring (bicyclic) bond motifs is 1. The zero-order valence-electron chi connectivity index (χ0n) is 9.65. The Labute approximate surface area is 98.2 Å². The van der Waals surface area contributed by atoms with Gasteiger partial charge in [0.15, 0.2) is 4.90 Å². The Morgan fingerprint density at radius 2 is 1.88 bits per heavy atom. The van der Waals surface area contributed by atoms with Crippen molar-refractivity contribution in [2.24, 2.45) is 0 Å². The normalized spacial score (nSPS) is 11.0. The van der Waals surface area contributed by atoms with Gasteiger partial charge in [-0.05, 0) is 24.3 Å². The molecule has 2 nitrogen and oxygen atoms in total. The molecular weight excluding hydrogens is 220 g/mol. The van der Waals surface area contributed by atoms with E-state index in [1.54, 1.807) is 13.2 Å². The van der Waals surface area contributed by atoms with E-state index in [0.717, 1.165) is 16.5 Å². The van der Waals surface area contributed by atoms with Gasteiger partial charge < -0.3 is 9.84 Å². The summed E-state index contributed by atoms with van der Waals surface area (Å²) in [4.78, 5) is 1.26. The summed E-state index contributed by atoms with van der Waals surface area (Å²) in [7, 11) is 1.78. The predicted octanol–water partition coefficient (Wildman–Crippen LogP) is 2.79. The fourth-order valence-electron chi connectivity index (χ4n) is 1.86. The highest BCUT2D eigenvalue weighted by Gasteiger charge is 2.17. The number of aromatic hydroxyl groups is 1. The lowest BCUT2D eigenvalue weighted by molar-refractivity contribution is 0.416. The van der Waals surface area contributed by atoms with Gasteiger partial charge in [-0.25, -0.2) is 0 Å². The molecule has 0 saturated carbocycles. The molecule has 2 aromatic rings. The van der Waals surface area contributed by atoms with Gasteiger partial charge in [-0.3, -0.25) is 0 Å². The first-order chi connectivity index (χ1) is 7.65. The molecule has 0 fully saturated rings. The van der Waals surface area contributed by atoms with Crippen LogP contribution in [0.1, 0.15) is 0 Å². The van der Waals surface area contributed by atoms with Crippen LogP contribution in [0.25, 0.3) is 10.8 Å². The molecule has 0 aliphatic carbocycles. The van der Waals surface area contributed by atoms with Crippen LogP contribution in [0.4, 0.5) is 0 Å². The Kier molecular flexibility index (Phi) is 2.97. The predicted molar refractivity (Wildman–Crippen MR) is 69.6 cm³/mol. The zero-order chi connectivity index (χ0) is 11.7. The topological polar surface area (TPSA) is 29.5 Å². The number of benzene rings is 2. The summed E-state index contributed by atoms with van der Waals surface area (Å²) in [6, 6.07) is 9.58. The average molecular weight is 235 g/mol. The van der Waals surface area contributed by atoms with Crippen molar-refractivity contribution in [3.8, 4) is 11.5 Å². The molecule has 0 aliphatic heterocycles. The molecule has 3 heteroatoms. The van der Waals surface area contributed by atoms with E-state index < -0.39 is 0 Å². The second kappa shape index (κ2) is 4.26. The van der Waals surface area contributed by atoms with E-state index in [4.69, 9.17) is 4.74 Å². The van der Waals surface area contributed by atoms with Crippen LogP contribution in [0.2, 0.25) is 0 Å². The van der Waals surface area contributed by atoms with Crippen molar-refractivity contribution in [3.63, 3.8) is 0 Å². The first-order valence-electron chi connectivity index (χ1n) is 5.01. The molecule has 84 valence electrons. The fourth-order valence-corrected chi connectivity index (χ4v) is 2.81. The van der Waals surface area contributed by atoms with Crippen molar-refractivity contribution in [1.29, 1.82) is 0 Å². The van der Waals surface area contributed by atoms with Crippen molar-refractivity contribution in [1.82, 2.24) is 0 Å². The standard InChI is InChI=1S/C13H14O2S/c1-15-11-7-8-12(16(2)3)9-5-4-6-10(14)13(9)11/h4-8H,1-3H3/p+1. The molecule has 2 aromatic carbocycles. The van der Waals surface area contributed by atoms with Gasteiger partial charge in [0.25, 0.3) is 0 Å². The number of rotatable bonds is 2. The Balaban J connectivity index is 2.85. The van der Waals surface area contributed by atoms with Crippen molar-refractivity contribution < 1.29 is 9.84 Å². The first-order valence-corrected chi connectivity index (χ1v) is 7.05. The van der Waals surface area contributed by atoms with Crippen LogP contribution < -0.4 is 4.74 Å². The Morgan fingerprint density at radius 1 is 1.12 bits per heavy atom. The Bertz CT molecular complexity index is 521. The smallest absolute Gasteiger partial charge is 0.162 e. The summed E-state index contributed by atoms with van der Waals surface area (Å²) >= 11 is 0. The lowest BCUT2D eigenvalue weighted by Gasteiger charge is -2.09. The molecule has 0 radical (unpaired) electrons. The molecule has 16 heavy (non-hydrogen) atoms. The minimum Gasteiger partial charge on any atom is -0.507 e. The third-order valence-corrected chi connectivity index (χ3v) is 3.84. The largest absolute Gasteiger partial charge is 0.507 e. The van der Waals surface area contributed by atoms with Crippen molar-refractivity contribution in [2.75, 3.05) is 19.6 Å². The number of phenols is 1. The van der Waals surface area contributed by atoms with Gasteiger partial charge in [0.05, 0.1) is 12.5 Å². The molecule has 2 rings (SSSR count). The van der Waals surface area contributed by atoms with E-state index in [9.17, 15) is 5.11 Å². The summed E-state index contributed by atoms with van der Waals surface area (Å²) in [5, 5.41) is 11.8. The van der Waals surface area contributed by atoms with Gasteiger partial charge in [0.1, 0.15) is 24.0 Å². The van der Waals surface area contributed by atoms with Crippen LogP contribution >= 0.6 is 0 Å². The second-order valence-corrected chi connectivity index (χ2v) is 5.85. The van der Waals surface area contributed by atoms with E-state index in [2.05, 4.69) is 18.6 Å². The quantitative estimate of drug-likeness (QED) is 0.811. The van der Waals surface area contributed by atoms with Crippen LogP contribution in [-0.2, 0) is 10.9 Å². The lowest BCUT2D eigenvalue weighted by atomic mass is 10.1.